The topological polar surface area (TPSA) is 155 Å². The second-order valence-corrected chi connectivity index (χ2v) is 17.3. The molecular formula is C46H58N6O7. The highest BCUT2D eigenvalue weighted by atomic mass is 16.5. The van der Waals surface area contributed by atoms with Crippen molar-refractivity contribution in [1.29, 1.82) is 0 Å². The summed E-state index contributed by atoms with van der Waals surface area (Å²) in [5.41, 5.74) is 9.77. The van der Waals surface area contributed by atoms with Crippen LogP contribution in [0.5, 0.6) is 5.75 Å². The Kier molecular flexibility index (Phi) is 12.2. The summed E-state index contributed by atoms with van der Waals surface area (Å²) in [5.74, 6) is -1.56. The molecule has 4 aromatic rings. The number of hydrogen-bond donors (Lipinski definition) is 3. The first kappa shape index (κ1) is 41.9. The summed E-state index contributed by atoms with van der Waals surface area (Å²) < 4.78 is 14.2. The van der Waals surface area contributed by atoms with Crippen LogP contribution in [-0.2, 0) is 48.0 Å². The van der Waals surface area contributed by atoms with Crippen molar-refractivity contribution in [2.24, 2.45) is 11.3 Å². The third-order valence-electron chi connectivity index (χ3n) is 12.3. The average molecular weight is 807 g/mol. The summed E-state index contributed by atoms with van der Waals surface area (Å²) in [6.07, 6.45) is 4.72. The zero-order chi connectivity index (χ0) is 42.2. The number of amides is 3. The molecule has 2 aromatic carbocycles. The molecule has 2 aromatic heterocycles. The van der Waals surface area contributed by atoms with Gasteiger partial charge in [0, 0.05) is 68.2 Å². The van der Waals surface area contributed by atoms with Gasteiger partial charge >= 0.3 is 5.97 Å². The Bertz CT molecular complexity index is 2250. The highest BCUT2D eigenvalue weighted by Crippen LogP contribution is 2.42. The van der Waals surface area contributed by atoms with Crippen molar-refractivity contribution in [3.63, 3.8) is 0 Å². The maximum Gasteiger partial charge on any atom is 0.324 e. The van der Waals surface area contributed by atoms with E-state index in [9.17, 15) is 24.3 Å². The van der Waals surface area contributed by atoms with Gasteiger partial charge in [0.25, 0.3) is 5.91 Å². The van der Waals surface area contributed by atoms with Gasteiger partial charge in [-0.25, -0.2) is 5.43 Å². The van der Waals surface area contributed by atoms with Crippen LogP contribution in [0.3, 0.4) is 0 Å². The van der Waals surface area contributed by atoms with Crippen molar-refractivity contribution in [2.45, 2.75) is 111 Å². The number of aryl methyl sites for hydroxylation is 1. The summed E-state index contributed by atoms with van der Waals surface area (Å²) in [7, 11) is 1.68. The number of aromatic nitrogens is 2. The van der Waals surface area contributed by atoms with Crippen LogP contribution >= 0.6 is 0 Å². The third-order valence-corrected chi connectivity index (χ3v) is 12.3. The average Bonchev–Trinajstić information content (AvgIpc) is 3.52. The van der Waals surface area contributed by atoms with E-state index < -0.39 is 41.3 Å². The first-order chi connectivity index (χ1) is 28.2. The summed E-state index contributed by atoms with van der Waals surface area (Å²) in [6.45, 7) is 13.3. The number of cyclic esters (lactones) is 1. The number of carbonyl (C=O) groups excluding carboxylic acids is 4. The molecule has 0 aliphatic carbocycles. The monoisotopic (exact) mass is 806 g/mol. The number of nitrogens with one attached hydrogen (secondary N) is 2. The number of likely N-dealkylation sites (tertiary alicyclic amines) is 1. The molecule has 2 saturated heterocycles. The van der Waals surface area contributed by atoms with Crippen LogP contribution in [0, 0.1) is 11.3 Å². The molecular weight excluding hydrogens is 749 g/mol. The lowest BCUT2D eigenvalue weighted by molar-refractivity contribution is -0.155. The first-order valence-corrected chi connectivity index (χ1v) is 21.0. The number of benzene rings is 2. The number of rotatable bonds is 6. The molecule has 3 amide bonds. The molecule has 13 nitrogen and oxygen atoms in total. The van der Waals surface area contributed by atoms with E-state index >= 15 is 0 Å². The number of hydrazine groups is 1. The number of hydrogen-bond acceptors (Lipinski definition) is 9. The Morgan fingerprint density at radius 2 is 1.86 bits per heavy atom. The maximum absolute atomic E-state index is 14.5. The lowest BCUT2D eigenvalue weighted by atomic mass is 9.84. The van der Waals surface area contributed by atoms with Crippen LogP contribution in [0.25, 0.3) is 33.3 Å². The van der Waals surface area contributed by atoms with Gasteiger partial charge in [0.05, 0.1) is 24.1 Å². The molecule has 3 N–H and O–H groups in total. The van der Waals surface area contributed by atoms with Crippen molar-refractivity contribution < 1.29 is 33.8 Å². The number of ether oxygens (including phenoxy) is 2. The molecule has 0 radical (unpaired) electrons. The van der Waals surface area contributed by atoms with E-state index in [1.54, 1.807) is 30.3 Å². The molecule has 5 heterocycles. The van der Waals surface area contributed by atoms with Crippen LogP contribution in [0.4, 0.5) is 0 Å². The molecule has 13 heteroatoms. The molecule has 6 bridgehead atoms. The maximum atomic E-state index is 14.5. The lowest BCUT2D eigenvalue weighted by Gasteiger charge is -2.40. The van der Waals surface area contributed by atoms with Crippen molar-refractivity contribution in [3.05, 3.63) is 71.5 Å². The molecule has 5 atom stereocenters. The molecule has 59 heavy (non-hydrogen) atoms. The van der Waals surface area contributed by atoms with Crippen LogP contribution in [0.1, 0.15) is 90.2 Å². The van der Waals surface area contributed by atoms with Gasteiger partial charge in [0.2, 0.25) is 11.8 Å². The zero-order valence-corrected chi connectivity index (χ0v) is 35.3. The van der Waals surface area contributed by atoms with E-state index in [0.717, 1.165) is 57.4 Å². The number of phenols is 1. The molecule has 2 fully saturated rings. The fraction of sp³-hybridized carbons (Fsp3) is 0.500. The zero-order valence-electron chi connectivity index (χ0n) is 35.3. The Hall–Kier alpha value is -5.27. The Morgan fingerprint density at radius 1 is 1.08 bits per heavy atom. The second kappa shape index (κ2) is 17.1. The summed E-state index contributed by atoms with van der Waals surface area (Å²) in [5, 5.41) is 16.7. The van der Waals surface area contributed by atoms with Gasteiger partial charge in [-0.05, 0) is 111 Å². The molecule has 0 spiro atoms. The van der Waals surface area contributed by atoms with Gasteiger partial charge in [0.1, 0.15) is 23.9 Å². The predicted molar refractivity (Wildman–Crippen MR) is 225 cm³/mol. The van der Waals surface area contributed by atoms with Crippen LogP contribution < -0.4 is 10.7 Å². The summed E-state index contributed by atoms with van der Waals surface area (Å²) >= 11 is 0. The van der Waals surface area contributed by atoms with Gasteiger partial charge in [-0.3, -0.25) is 29.2 Å². The minimum Gasteiger partial charge on any atom is -0.508 e. The standard InChI is InChI=1S/C46H58N6O7/c1-8-50-39-16-15-31-24-35(39)36(42(50)34-13-9-17-47-40(34)28(3)58-7)25-46(5,6)26-59-45(57)37-14-11-19-52(49-37)44(56)38(22-30-20-32(31)23-33(54)21-30)48-43(55)41-27(2)12-10-18-51(41)29(4)53/h9,13,15-17,20-21,23-24,27-28,37-38,41,49,54H,8,10-12,14,18-19,22,25-26H2,1-7H3,(H,48,55)/t27-,28-,37-,38-,41-/m0/s1. The van der Waals surface area contributed by atoms with Crippen LogP contribution in [-0.4, -0.2) is 93.2 Å². The van der Waals surface area contributed by atoms with E-state index in [-0.39, 0.29) is 36.7 Å². The number of pyridine rings is 1. The lowest BCUT2D eigenvalue weighted by Crippen LogP contribution is -2.62. The molecule has 314 valence electrons. The van der Waals surface area contributed by atoms with Gasteiger partial charge < -0.3 is 29.4 Å². The normalized spacial score (nSPS) is 23.0. The van der Waals surface area contributed by atoms with Crippen molar-refractivity contribution >= 4 is 34.6 Å². The highest BCUT2D eigenvalue weighted by Gasteiger charge is 2.40. The largest absolute Gasteiger partial charge is 0.508 e. The van der Waals surface area contributed by atoms with E-state index in [1.807, 2.05) is 32.0 Å². The minimum absolute atomic E-state index is 0.0221. The quantitative estimate of drug-likeness (QED) is 0.196. The van der Waals surface area contributed by atoms with Gasteiger partial charge in [0.15, 0.2) is 0 Å². The number of esters is 1. The number of carbonyl (C=O) groups is 4. The molecule has 0 unspecified atom stereocenters. The predicted octanol–water partition coefficient (Wildman–Crippen LogP) is 6.10. The number of fused-ring (bicyclic) bond motifs is 6. The Labute approximate surface area is 346 Å². The second-order valence-electron chi connectivity index (χ2n) is 17.3. The van der Waals surface area contributed by atoms with E-state index in [0.29, 0.717) is 44.5 Å². The summed E-state index contributed by atoms with van der Waals surface area (Å²) in [4.78, 5) is 61.5. The molecule has 7 rings (SSSR count). The summed E-state index contributed by atoms with van der Waals surface area (Å²) in [6, 6.07) is 13.0. The van der Waals surface area contributed by atoms with Gasteiger partial charge in [-0.2, -0.15) is 0 Å². The third kappa shape index (κ3) is 8.58. The number of nitrogens with zero attached hydrogens (tertiary/aromatic N) is 4. The van der Waals surface area contributed by atoms with Crippen molar-refractivity contribution in [3.8, 4) is 28.1 Å². The van der Waals surface area contributed by atoms with Crippen molar-refractivity contribution in [1.82, 2.24) is 30.2 Å². The molecule has 3 aliphatic heterocycles. The highest BCUT2D eigenvalue weighted by molar-refractivity contribution is 5.96. The van der Waals surface area contributed by atoms with E-state index in [2.05, 4.69) is 54.3 Å². The molecule has 3 aliphatic rings. The first-order valence-electron chi connectivity index (χ1n) is 21.0. The van der Waals surface area contributed by atoms with Crippen LogP contribution in [0.15, 0.2) is 54.7 Å². The van der Waals surface area contributed by atoms with Crippen LogP contribution in [0.2, 0.25) is 0 Å². The molecule has 0 saturated carbocycles. The van der Waals surface area contributed by atoms with Crippen molar-refractivity contribution in [2.75, 3.05) is 26.8 Å². The Morgan fingerprint density at radius 3 is 2.61 bits per heavy atom. The van der Waals surface area contributed by atoms with E-state index in [1.165, 1.54) is 11.9 Å². The number of piperidine rings is 1. The number of phenolic OH excluding ortho intramolecular Hbond substituents is 1. The number of aromatic hydroxyl groups is 1. The van der Waals surface area contributed by atoms with E-state index in [4.69, 9.17) is 14.5 Å². The fourth-order valence-electron chi connectivity index (χ4n) is 9.26. The fourth-order valence-corrected chi connectivity index (χ4v) is 9.26. The SMILES string of the molecule is CCn1c(-c2cccnc2[C@H](C)OC)c2c3cc(ccc31)-c1cc(O)cc(c1)C[C@H](NC(=O)[C@@H]1[C@@H](C)CCCN1C(C)=O)C(=O)N1CCC[C@H](N1)C(=O)OCC(C)(C)C2. The Balaban J connectivity index is 1.37. The smallest absolute Gasteiger partial charge is 0.324 e. The minimum atomic E-state index is -1.07. The number of methoxy groups -OCH3 is 1. The van der Waals surface area contributed by atoms with Gasteiger partial charge in [-0.1, -0.05) is 32.9 Å². The van der Waals surface area contributed by atoms with Gasteiger partial charge in [-0.15, -0.1) is 0 Å².